The van der Waals surface area contributed by atoms with Gasteiger partial charge in [-0.1, -0.05) is 12.1 Å². The molecular weight excluding hydrogens is 236 g/mol. The summed E-state index contributed by atoms with van der Waals surface area (Å²) in [6, 6.07) is 0. The number of rotatable bonds is 5. The Morgan fingerprint density at radius 1 is 1.50 bits per heavy atom. The first kappa shape index (κ1) is 13.0. The van der Waals surface area contributed by atoms with Gasteiger partial charge in [-0.25, -0.2) is 0 Å². The predicted octanol–water partition coefficient (Wildman–Crippen LogP) is 1.62. The molecular formula is C12H18N2O4. The minimum absolute atomic E-state index is 0.00508. The SMILES string of the molecule is CC(CC(=O)O)Cc1nc(C2CCOCC2)no1. The molecule has 100 valence electrons. The standard InChI is InChI=1S/C12H18N2O4/c1-8(7-11(15)16)6-10-13-12(14-18-10)9-2-4-17-5-3-9/h8-9H,2-7H2,1H3,(H,15,16). The molecule has 0 amide bonds. The number of carbonyl (C=O) groups is 1. The first-order chi connectivity index (χ1) is 8.65. The maximum absolute atomic E-state index is 10.6. The topological polar surface area (TPSA) is 85.5 Å². The van der Waals surface area contributed by atoms with E-state index in [1.54, 1.807) is 0 Å². The Morgan fingerprint density at radius 3 is 2.89 bits per heavy atom. The second-order valence-electron chi connectivity index (χ2n) is 4.84. The number of aromatic nitrogens is 2. The van der Waals surface area contributed by atoms with Crippen LogP contribution in [0.2, 0.25) is 0 Å². The van der Waals surface area contributed by atoms with E-state index in [9.17, 15) is 4.79 Å². The van der Waals surface area contributed by atoms with E-state index in [1.165, 1.54) is 0 Å². The lowest BCUT2D eigenvalue weighted by atomic mass is 10.00. The maximum Gasteiger partial charge on any atom is 0.303 e. The van der Waals surface area contributed by atoms with Crippen molar-refractivity contribution in [1.29, 1.82) is 0 Å². The number of carboxylic acids is 1. The van der Waals surface area contributed by atoms with E-state index in [0.717, 1.165) is 31.9 Å². The van der Waals surface area contributed by atoms with E-state index >= 15 is 0 Å². The molecule has 1 unspecified atom stereocenters. The van der Waals surface area contributed by atoms with Gasteiger partial charge in [-0.05, 0) is 18.8 Å². The van der Waals surface area contributed by atoms with Gasteiger partial charge >= 0.3 is 5.97 Å². The Labute approximate surface area is 105 Å². The lowest BCUT2D eigenvalue weighted by Crippen LogP contribution is -2.15. The summed E-state index contributed by atoms with van der Waals surface area (Å²) in [6.45, 7) is 3.35. The molecule has 6 nitrogen and oxygen atoms in total. The first-order valence-corrected chi connectivity index (χ1v) is 6.27. The molecule has 0 aromatic carbocycles. The molecule has 1 aromatic heterocycles. The van der Waals surface area contributed by atoms with Crippen LogP contribution in [-0.4, -0.2) is 34.4 Å². The molecule has 1 aromatic rings. The van der Waals surface area contributed by atoms with E-state index in [1.807, 2.05) is 6.92 Å². The van der Waals surface area contributed by atoms with Crippen molar-refractivity contribution < 1.29 is 19.2 Å². The Bertz CT molecular complexity index is 399. The number of nitrogens with zero attached hydrogens (tertiary/aromatic N) is 2. The zero-order valence-electron chi connectivity index (χ0n) is 10.5. The Morgan fingerprint density at radius 2 is 2.22 bits per heavy atom. The molecule has 1 fully saturated rings. The molecule has 0 radical (unpaired) electrons. The van der Waals surface area contributed by atoms with E-state index in [2.05, 4.69) is 10.1 Å². The van der Waals surface area contributed by atoms with Gasteiger partial charge in [-0.2, -0.15) is 4.98 Å². The molecule has 1 aliphatic rings. The highest BCUT2D eigenvalue weighted by Crippen LogP contribution is 2.24. The van der Waals surface area contributed by atoms with Crippen LogP contribution >= 0.6 is 0 Å². The molecule has 1 aliphatic heterocycles. The fraction of sp³-hybridized carbons (Fsp3) is 0.750. The van der Waals surface area contributed by atoms with Gasteiger partial charge in [0.05, 0.1) is 0 Å². The highest BCUT2D eigenvalue weighted by molar-refractivity contribution is 5.66. The Hall–Kier alpha value is -1.43. The van der Waals surface area contributed by atoms with Crippen molar-refractivity contribution in [2.75, 3.05) is 13.2 Å². The van der Waals surface area contributed by atoms with Crippen LogP contribution in [0.25, 0.3) is 0 Å². The normalized spacial score (nSPS) is 18.7. The summed E-state index contributed by atoms with van der Waals surface area (Å²) < 4.78 is 10.5. The average Bonchev–Trinajstić information content (AvgIpc) is 2.77. The number of carboxylic acid groups (broad SMARTS) is 1. The third-order valence-corrected chi connectivity index (χ3v) is 3.12. The highest BCUT2D eigenvalue weighted by atomic mass is 16.5. The molecule has 1 N–H and O–H groups in total. The molecule has 1 atom stereocenters. The summed E-state index contributed by atoms with van der Waals surface area (Å²) >= 11 is 0. The third-order valence-electron chi connectivity index (χ3n) is 3.12. The minimum atomic E-state index is -0.799. The van der Waals surface area contributed by atoms with Gasteiger partial charge in [0, 0.05) is 32.0 Å². The third kappa shape index (κ3) is 3.53. The summed E-state index contributed by atoms with van der Waals surface area (Å²) in [5.41, 5.74) is 0. The lowest BCUT2D eigenvalue weighted by Gasteiger charge is -2.18. The van der Waals surface area contributed by atoms with Crippen LogP contribution in [-0.2, 0) is 16.0 Å². The summed E-state index contributed by atoms with van der Waals surface area (Å²) in [5, 5.41) is 12.7. The zero-order valence-corrected chi connectivity index (χ0v) is 10.5. The molecule has 1 saturated heterocycles. The van der Waals surface area contributed by atoms with Crippen LogP contribution in [0.15, 0.2) is 4.52 Å². The largest absolute Gasteiger partial charge is 0.481 e. The number of ether oxygens (including phenoxy) is 1. The summed E-state index contributed by atoms with van der Waals surface area (Å²) in [4.78, 5) is 14.9. The van der Waals surface area contributed by atoms with Crippen LogP contribution in [0.3, 0.4) is 0 Å². The quantitative estimate of drug-likeness (QED) is 0.859. The van der Waals surface area contributed by atoms with Gasteiger partial charge in [0.15, 0.2) is 5.82 Å². The smallest absolute Gasteiger partial charge is 0.303 e. The first-order valence-electron chi connectivity index (χ1n) is 6.27. The fourth-order valence-corrected chi connectivity index (χ4v) is 2.14. The number of aliphatic carboxylic acids is 1. The van der Waals surface area contributed by atoms with Crippen molar-refractivity contribution in [3.8, 4) is 0 Å². The summed E-state index contributed by atoms with van der Waals surface area (Å²) in [5.74, 6) is 0.782. The van der Waals surface area contributed by atoms with Crippen molar-refractivity contribution in [2.45, 2.75) is 38.5 Å². The average molecular weight is 254 g/mol. The predicted molar refractivity (Wildman–Crippen MR) is 62.2 cm³/mol. The van der Waals surface area contributed by atoms with Gasteiger partial charge in [-0.15, -0.1) is 0 Å². The second kappa shape index (κ2) is 5.95. The van der Waals surface area contributed by atoms with Gasteiger partial charge in [0.1, 0.15) is 0 Å². The van der Waals surface area contributed by atoms with Gasteiger partial charge in [-0.3, -0.25) is 4.79 Å². The second-order valence-corrected chi connectivity index (χ2v) is 4.84. The van der Waals surface area contributed by atoms with Crippen LogP contribution in [0, 0.1) is 5.92 Å². The Kier molecular flexibility index (Phi) is 4.30. The molecule has 0 spiro atoms. The van der Waals surface area contributed by atoms with Crippen LogP contribution in [0.4, 0.5) is 0 Å². The molecule has 0 bridgehead atoms. The minimum Gasteiger partial charge on any atom is -0.481 e. The summed E-state index contributed by atoms with van der Waals surface area (Å²) in [7, 11) is 0. The van der Waals surface area contributed by atoms with Crippen molar-refractivity contribution in [2.24, 2.45) is 5.92 Å². The molecule has 18 heavy (non-hydrogen) atoms. The molecule has 0 aliphatic carbocycles. The van der Waals surface area contributed by atoms with E-state index in [-0.39, 0.29) is 12.3 Å². The monoisotopic (exact) mass is 254 g/mol. The molecule has 6 heteroatoms. The van der Waals surface area contributed by atoms with E-state index < -0.39 is 5.97 Å². The lowest BCUT2D eigenvalue weighted by molar-refractivity contribution is -0.137. The molecule has 2 heterocycles. The fourth-order valence-electron chi connectivity index (χ4n) is 2.14. The molecule has 2 rings (SSSR count). The van der Waals surface area contributed by atoms with Crippen molar-refractivity contribution in [3.05, 3.63) is 11.7 Å². The van der Waals surface area contributed by atoms with E-state index in [0.29, 0.717) is 18.2 Å². The van der Waals surface area contributed by atoms with Gasteiger partial charge in [0.25, 0.3) is 0 Å². The summed E-state index contributed by atoms with van der Waals surface area (Å²) in [6.07, 6.45) is 2.48. The van der Waals surface area contributed by atoms with Crippen LogP contribution in [0.1, 0.15) is 43.8 Å². The van der Waals surface area contributed by atoms with Gasteiger partial charge < -0.3 is 14.4 Å². The Balaban J connectivity index is 1.91. The molecule has 0 saturated carbocycles. The number of hydrogen-bond acceptors (Lipinski definition) is 5. The van der Waals surface area contributed by atoms with Crippen molar-refractivity contribution in [1.82, 2.24) is 10.1 Å². The van der Waals surface area contributed by atoms with Crippen LogP contribution in [0.5, 0.6) is 0 Å². The maximum atomic E-state index is 10.6. The zero-order chi connectivity index (χ0) is 13.0. The number of hydrogen-bond donors (Lipinski definition) is 1. The van der Waals surface area contributed by atoms with Crippen molar-refractivity contribution in [3.63, 3.8) is 0 Å². The highest BCUT2D eigenvalue weighted by Gasteiger charge is 2.22. The van der Waals surface area contributed by atoms with Gasteiger partial charge in [0.2, 0.25) is 5.89 Å². The van der Waals surface area contributed by atoms with Crippen molar-refractivity contribution >= 4 is 5.97 Å². The van der Waals surface area contributed by atoms with Crippen LogP contribution < -0.4 is 0 Å². The van der Waals surface area contributed by atoms with E-state index in [4.69, 9.17) is 14.4 Å².